The van der Waals surface area contributed by atoms with E-state index in [9.17, 15) is 4.39 Å². The summed E-state index contributed by atoms with van der Waals surface area (Å²) in [6.07, 6.45) is 3.81. The number of halogens is 1. The summed E-state index contributed by atoms with van der Waals surface area (Å²) in [6.45, 7) is 0.339. The molecule has 130 valence electrons. The molecular formula is C21H17FN2O2. The van der Waals surface area contributed by atoms with Gasteiger partial charge in [-0.1, -0.05) is 18.2 Å². The third-order valence-corrected chi connectivity index (χ3v) is 4.18. The van der Waals surface area contributed by atoms with E-state index in [0.717, 1.165) is 22.5 Å². The first-order chi connectivity index (χ1) is 12.7. The van der Waals surface area contributed by atoms with Crippen LogP contribution in [0.4, 0.5) is 4.39 Å². The van der Waals surface area contributed by atoms with E-state index in [0.29, 0.717) is 18.1 Å². The Balaban J connectivity index is 1.61. The lowest BCUT2D eigenvalue weighted by Gasteiger charge is -2.12. The van der Waals surface area contributed by atoms with Crippen molar-refractivity contribution in [2.75, 3.05) is 7.11 Å². The predicted octanol–water partition coefficient (Wildman–Crippen LogP) is 4.73. The zero-order chi connectivity index (χ0) is 17.9. The van der Waals surface area contributed by atoms with E-state index in [4.69, 9.17) is 9.47 Å². The molecule has 2 aromatic heterocycles. The largest absolute Gasteiger partial charge is 0.493 e. The minimum absolute atomic E-state index is 0.260. The van der Waals surface area contributed by atoms with Crippen molar-refractivity contribution in [1.82, 2.24) is 9.38 Å². The van der Waals surface area contributed by atoms with E-state index < -0.39 is 0 Å². The Morgan fingerprint density at radius 1 is 1.00 bits per heavy atom. The van der Waals surface area contributed by atoms with Gasteiger partial charge in [0.25, 0.3) is 0 Å². The highest BCUT2D eigenvalue weighted by molar-refractivity contribution is 5.67. The highest BCUT2D eigenvalue weighted by atomic mass is 19.1. The molecule has 0 amide bonds. The summed E-state index contributed by atoms with van der Waals surface area (Å²) in [4.78, 5) is 4.42. The van der Waals surface area contributed by atoms with Crippen molar-refractivity contribution < 1.29 is 13.9 Å². The summed E-state index contributed by atoms with van der Waals surface area (Å²) in [6, 6.07) is 17.9. The van der Waals surface area contributed by atoms with E-state index in [1.54, 1.807) is 19.2 Å². The van der Waals surface area contributed by atoms with Crippen LogP contribution in [0.3, 0.4) is 0 Å². The molecular weight excluding hydrogens is 331 g/mol. The van der Waals surface area contributed by atoms with Crippen molar-refractivity contribution in [1.29, 1.82) is 0 Å². The van der Waals surface area contributed by atoms with Gasteiger partial charge in [-0.3, -0.25) is 4.40 Å². The van der Waals surface area contributed by atoms with Crippen LogP contribution in [0.15, 0.2) is 73.1 Å². The molecule has 0 spiro atoms. The van der Waals surface area contributed by atoms with Crippen LogP contribution < -0.4 is 9.47 Å². The number of nitrogens with zero attached hydrogens (tertiary/aromatic N) is 2. The van der Waals surface area contributed by atoms with Gasteiger partial charge < -0.3 is 9.47 Å². The third kappa shape index (κ3) is 3.11. The summed E-state index contributed by atoms with van der Waals surface area (Å²) in [5.74, 6) is 1.01. The van der Waals surface area contributed by atoms with Gasteiger partial charge >= 0.3 is 0 Å². The molecule has 0 unspecified atom stereocenters. The van der Waals surface area contributed by atoms with Crippen LogP contribution in [0.1, 0.15) is 5.56 Å². The first kappa shape index (κ1) is 16.1. The van der Waals surface area contributed by atoms with E-state index in [1.165, 1.54) is 12.1 Å². The fourth-order valence-corrected chi connectivity index (χ4v) is 2.83. The van der Waals surface area contributed by atoms with Crippen molar-refractivity contribution in [3.63, 3.8) is 0 Å². The fourth-order valence-electron chi connectivity index (χ4n) is 2.83. The monoisotopic (exact) mass is 348 g/mol. The van der Waals surface area contributed by atoms with Crippen molar-refractivity contribution in [2.24, 2.45) is 0 Å². The Morgan fingerprint density at radius 3 is 2.65 bits per heavy atom. The molecule has 0 saturated heterocycles. The highest BCUT2D eigenvalue weighted by Crippen LogP contribution is 2.33. The quantitative estimate of drug-likeness (QED) is 0.523. The van der Waals surface area contributed by atoms with Gasteiger partial charge in [0.2, 0.25) is 0 Å². The average Bonchev–Trinajstić information content (AvgIpc) is 3.11. The van der Waals surface area contributed by atoms with Crippen molar-refractivity contribution in [3.05, 3.63) is 84.4 Å². The molecule has 4 rings (SSSR count). The molecule has 5 heteroatoms. The number of aromatic nitrogens is 2. The number of hydrogen-bond donors (Lipinski definition) is 0. The molecule has 0 saturated carbocycles. The Morgan fingerprint density at radius 2 is 1.85 bits per heavy atom. The van der Waals surface area contributed by atoms with Crippen LogP contribution in [0.25, 0.3) is 16.9 Å². The van der Waals surface area contributed by atoms with Crippen molar-refractivity contribution >= 4 is 5.65 Å². The number of benzene rings is 2. The maximum Gasteiger partial charge on any atom is 0.161 e. The summed E-state index contributed by atoms with van der Waals surface area (Å²) in [5.41, 5.74) is 3.73. The predicted molar refractivity (Wildman–Crippen MR) is 97.9 cm³/mol. The van der Waals surface area contributed by atoms with Crippen molar-refractivity contribution in [3.8, 4) is 22.8 Å². The lowest BCUT2D eigenvalue weighted by molar-refractivity contribution is 0.284. The number of rotatable bonds is 5. The number of ether oxygens (including phenoxy) is 2. The molecule has 4 nitrogen and oxygen atoms in total. The maximum atomic E-state index is 13.0. The molecule has 4 aromatic rings. The molecule has 0 bridgehead atoms. The van der Waals surface area contributed by atoms with Crippen LogP contribution in [-0.4, -0.2) is 16.5 Å². The summed E-state index contributed by atoms with van der Waals surface area (Å²) < 4.78 is 26.3. The standard InChI is InChI=1S/C21H17FN2O2/c1-25-20-12-16(18-13-23-21-4-2-3-11-24(18)21)7-10-19(20)26-14-15-5-8-17(22)9-6-15/h2-13H,14H2,1H3. The van der Waals surface area contributed by atoms with Gasteiger partial charge in [-0.15, -0.1) is 0 Å². The number of hydrogen-bond acceptors (Lipinski definition) is 3. The Hall–Kier alpha value is -3.34. The van der Waals surface area contributed by atoms with Crippen LogP contribution in [0.2, 0.25) is 0 Å². The summed E-state index contributed by atoms with van der Waals surface area (Å²) >= 11 is 0. The van der Waals surface area contributed by atoms with E-state index in [2.05, 4.69) is 4.98 Å². The first-order valence-electron chi connectivity index (χ1n) is 8.22. The van der Waals surface area contributed by atoms with Crippen LogP contribution in [0.5, 0.6) is 11.5 Å². The SMILES string of the molecule is COc1cc(-c2cnc3ccccn23)ccc1OCc1ccc(F)cc1. The highest BCUT2D eigenvalue weighted by Gasteiger charge is 2.11. The number of pyridine rings is 1. The van der Waals surface area contributed by atoms with Gasteiger partial charge in [0.1, 0.15) is 18.1 Å². The summed E-state index contributed by atoms with van der Waals surface area (Å²) in [5, 5.41) is 0. The molecule has 26 heavy (non-hydrogen) atoms. The lowest BCUT2D eigenvalue weighted by atomic mass is 10.1. The number of methoxy groups -OCH3 is 1. The zero-order valence-corrected chi connectivity index (χ0v) is 14.2. The first-order valence-corrected chi connectivity index (χ1v) is 8.22. The van der Waals surface area contributed by atoms with Gasteiger partial charge in [-0.25, -0.2) is 9.37 Å². The second-order valence-electron chi connectivity index (χ2n) is 5.85. The third-order valence-electron chi connectivity index (χ3n) is 4.18. The molecule has 2 heterocycles. The molecule has 0 radical (unpaired) electrons. The Kier molecular flexibility index (Phi) is 4.27. The molecule has 0 N–H and O–H groups in total. The van der Waals surface area contributed by atoms with E-state index in [1.807, 2.05) is 53.2 Å². The molecule has 0 fully saturated rings. The number of imidazole rings is 1. The zero-order valence-electron chi connectivity index (χ0n) is 14.2. The second kappa shape index (κ2) is 6.88. The minimum atomic E-state index is -0.260. The maximum absolute atomic E-state index is 13.0. The topological polar surface area (TPSA) is 35.8 Å². The van der Waals surface area contributed by atoms with Crippen LogP contribution in [-0.2, 0) is 6.61 Å². The Labute approximate surface area is 150 Å². The normalized spacial score (nSPS) is 10.8. The van der Waals surface area contributed by atoms with Gasteiger partial charge in [-0.05, 0) is 48.0 Å². The van der Waals surface area contributed by atoms with Gasteiger partial charge in [0.15, 0.2) is 11.5 Å². The van der Waals surface area contributed by atoms with Gasteiger partial charge in [-0.2, -0.15) is 0 Å². The second-order valence-corrected chi connectivity index (χ2v) is 5.85. The Bertz CT molecular complexity index is 1040. The molecule has 0 atom stereocenters. The molecule has 0 aliphatic carbocycles. The van der Waals surface area contributed by atoms with E-state index in [-0.39, 0.29) is 5.82 Å². The van der Waals surface area contributed by atoms with Gasteiger partial charge in [0, 0.05) is 11.8 Å². The fraction of sp³-hybridized carbons (Fsp3) is 0.0952. The molecule has 0 aliphatic heterocycles. The van der Waals surface area contributed by atoms with Crippen molar-refractivity contribution in [2.45, 2.75) is 6.61 Å². The average molecular weight is 348 g/mol. The van der Waals surface area contributed by atoms with E-state index >= 15 is 0 Å². The summed E-state index contributed by atoms with van der Waals surface area (Å²) in [7, 11) is 1.61. The number of fused-ring (bicyclic) bond motifs is 1. The van der Waals surface area contributed by atoms with Gasteiger partial charge in [0.05, 0.1) is 19.0 Å². The smallest absolute Gasteiger partial charge is 0.161 e. The van der Waals surface area contributed by atoms with Crippen LogP contribution >= 0.6 is 0 Å². The minimum Gasteiger partial charge on any atom is -0.493 e. The molecule has 2 aromatic carbocycles. The van der Waals surface area contributed by atoms with Crippen LogP contribution in [0, 0.1) is 5.82 Å². The lowest BCUT2D eigenvalue weighted by Crippen LogP contribution is -1.98. The molecule has 0 aliphatic rings.